The van der Waals surface area contributed by atoms with E-state index in [4.69, 9.17) is 16.3 Å². The van der Waals surface area contributed by atoms with Gasteiger partial charge in [-0.2, -0.15) is 0 Å². The molecule has 1 N–H and O–H groups in total. The number of carbonyl (C=O) groups is 4. The van der Waals surface area contributed by atoms with Crippen LogP contribution in [-0.4, -0.2) is 40.7 Å². The summed E-state index contributed by atoms with van der Waals surface area (Å²) in [6.07, 6.45) is 2.07. The summed E-state index contributed by atoms with van der Waals surface area (Å²) in [4.78, 5) is 50.9. The van der Waals surface area contributed by atoms with Crippen LogP contribution in [0.4, 0.5) is 5.69 Å². The van der Waals surface area contributed by atoms with Crippen LogP contribution in [0.15, 0.2) is 24.3 Å². The molecule has 0 unspecified atom stereocenters. The zero-order valence-electron chi connectivity index (χ0n) is 15.8. The number of benzene rings is 1. The van der Waals surface area contributed by atoms with Crippen LogP contribution in [0.25, 0.3) is 0 Å². The normalized spacial score (nSPS) is 23.8. The fourth-order valence-corrected chi connectivity index (χ4v) is 4.00. The smallest absolute Gasteiger partial charge is 0.329 e. The fourth-order valence-electron chi connectivity index (χ4n) is 3.81. The van der Waals surface area contributed by atoms with E-state index in [0.29, 0.717) is 23.6 Å². The number of rotatable bonds is 5. The number of anilines is 1. The van der Waals surface area contributed by atoms with Gasteiger partial charge in [0.15, 0.2) is 6.10 Å². The quantitative estimate of drug-likeness (QED) is 0.599. The average molecular weight is 407 g/mol. The highest BCUT2D eigenvalue weighted by Gasteiger charge is 2.51. The van der Waals surface area contributed by atoms with Gasteiger partial charge in [-0.25, -0.2) is 4.79 Å². The Labute approximate surface area is 168 Å². The van der Waals surface area contributed by atoms with Gasteiger partial charge in [-0.3, -0.25) is 19.3 Å². The van der Waals surface area contributed by atoms with Gasteiger partial charge >= 0.3 is 5.97 Å². The topological polar surface area (TPSA) is 92.8 Å². The summed E-state index contributed by atoms with van der Waals surface area (Å²) < 4.78 is 5.21. The van der Waals surface area contributed by atoms with E-state index in [2.05, 4.69) is 5.32 Å². The maximum Gasteiger partial charge on any atom is 0.329 e. The number of imide groups is 1. The Hall–Kier alpha value is -2.41. The Balaban J connectivity index is 1.61. The van der Waals surface area contributed by atoms with Crippen LogP contribution in [-0.2, 0) is 23.9 Å². The van der Waals surface area contributed by atoms with Crippen molar-refractivity contribution >= 4 is 41.0 Å². The van der Waals surface area contributed by atoms with Crippen molar-refractivity contribution in [2.75, 3.05) is 5.32 Å². The minimum Gasteiger partial charge on any atom is -0.451 e. The zero-order valence-corrected chi connectivity index (χ0v) is 16.6. The largest absolute Gasteiger partial charge is 0.451 e. The minimum atomic E-state index is -1.09. The molecule has 3 rings (SSSR count). The number of fused-ring (bicyclic) bond motifs is 1. The molecule has 0 bridgehead atoms. The van der Waals surface area contributed by atoms with Crippen LogP contribution in [0.3, 0.4) is 0 Å². The molecule has 1 aromatic carbocycles. The van der Waals surface area contributed by atoms with E-state index in [0.717, 1.165) is 17.7 Å². The second-order valence-corrected chi connectivity index (χ2v) is 7.74. The van der Waals surface area contributed by atoms with Gasteiger partial charge < -0.3 is 10.1 Å². The number of hydrogen-bond donors (Lipinski definition) is 1. The van der Waals surface area contributed by atoms with Gasteiger partial charge in [0.2, 0.25) is 11.8 Å². The van der Waals surface area contributed by atoms with Crippen LogP contribution in [0.1, 0.15) is 39.5 Å². The lowest BCUT2D eigenvalue weighted by molar-refractivity contribution is -0.163. The lowest BCUT2D eigenvalue weighted by atomic mass is 9.81. The first-order valence-corrected chi connectivity index (χ1v) is 9.81. The Kier molecular flexibility index (Phi) is 6.03. The van der Waals surface area contributed by atoms with Gasteiger partial charge in [-0.15, -0.1) is 0 Å². The fraction of sp³-hybridized carbons (Fsp3) is 0.500. The summed E-state index contributed by atoms with van der Waals surface area (Å²) in [5, 5.41) is 3.07. The number of nitrogens with one attached hydrogen (secondary N) is 1. The van der Waals surface area contributed by atoms with Crippen molar-refractivity contribution in [2.24, 2.45) is 11.8 Å². The van der Waals surface area contributed by atoms with E-state index < -0.39 is 24.0 Å². The summed E-state index contributed by atoms with van der Waals surface area (Å²) in [6, 6.07) is 5.52. The van der Waals surface area contributed by atoms with Crippen LogP contribution in [0.2, 0.25) is 5.02 Å². The molecular formula is C20H23ClN2O5. The van der Waals surface area contributed by atoms with E-state index >= 15 is 0 Å². The predicted molar refractivity (Wildman–Crippen MR) is 102 cm³/mol. The van der Waals surface area contributed by atoms with Gasteiger partial charge in [0.1, 0.15) is 6.04 Å². The van der Waals surface area contributed by atoms with E-state index in [-0.39, 0.29) is 23.7 Å². The first-order chi connectivity index (χ1) is 13.3. The minimum absolute atomic E-state index is 0.310. The molecule has 1 saturated carbocycles. The van der Waals surface area contributed by atoms with E-state index in [1.54, 1.807) is 24.3 Å². The number of hydrogen-bond acceptors (Lipinski definition) is 5. The maximum absolute atomic E-state index is 12.6. The first kappa shape index (κ1) is 20.3. The van der Waals surface area contributed by atoms with Gasteiger partial charge in [-0.05, 0) is 44.9 Å². The molecule has 1 aliphatic heterocycles. The second kappa shape index (κ2) is 8.31. The monoisotopic (exact) mass is 406 g/mol. The summed E-state index contributed by atoms with van der Waals surface area (Å²) in [5.41, 5.74) is 0.474. The average Bonchev–Trinajstić information content (AvgIpc) is 2.92. The summed E-state index contributed by atoms with van der Waals surface area (Å²) >= 11 is 5.88. The molecule has 7 nitrogen and oxygen atoms in total. The first-order valence-electron chi connectivity index (χ1n) is 9.43. The summed E-state index contributed by atoms with van der Waals surface area (Å²) in [6.45, 7) is 2.88. The molecule has 0 radical (unpaired) electrons. The molecule has 3 amide bonds. The summed E-state index contributed by atoms with van der Waals surface area (Å²) in [7, 11) is 0. The van der Waals surface area contributed by atoms with E-state index in [1.807, 2.05) is 0 Å². The second-order valence-electron chi connectivity index (χ2n) is 7.30. The third kappa shape index (κ3) is 4.04. The number of ether oxygens (including phenoxy) is 1. The maximum atomic E-state index is 12.6. The number of esters is 1. The van der Waals surface area contributed by atoms with Gasteiger partial charge in [0.25, 0.3) is 5.91 Å². The molecule has 1 saturated heterocycles. The third-order valence-corrected chi connectivity index (χ3v) is 5.59. The number of nitrogens with zero attached hydrogens (tertiary/aromatic N) is 1. The van der Waals surface area contributed by atoms with E-state index in [1.165, 1.54) is 13.8 Å². The lowest BCUT2D eigenvalue weighted by Gasteiger charge is -2.23. The highest BCUT2D eigenvalue weighted by atomic mass is 35.5. The number of likely N-dealkylation sites (tertiary alicyclic amines) is 1. The molecule has 1 heterocycles. The molecule has 0 spiro atoms. The van der Waals surface area contributed by atoms with Crippen molar-refractivity contribution in [3.63, 3.8) is 0 Å². The highest BCUT2D eigenvalue weighted by Crippen LogP contribution is 2.38. The van der Waals surface area contributed by atoms with E-state index in [9.17, 15) is 19.2 Å². The van der Waals surface area contributed by atoms with Crippen molar-refractivity contribution in [1.29, 1.82) is 0 Å². The molecule has 28 heavy (non-hydrogen) atoms. The number of halogens is 1. The Morgan fingerprint density at radius 3 is 2.32 bits per heavy atom. The molecule has 4 atom stereocenters. The molecular weight excluding hydrogens is 384 g/mol. The number of amides is 3. The van der Waals surface area contributed by atoms with Crippen molar-refractivity contribution in [3.8, 4) is 0 Å². The number of carbonyl (C=O) groups excluding carboxylic acids is 4. The zero-order chi connectivity index (χ0) is 20.4. The van der Waals surface area contributed by atoms with Gasteiger partial charge in [-0.1, -0.05) is 30.5 Å². The lowest BCUT2D eigenvalue weighted by Crippen LogP contribution is -2.46. The molecule has 8 heteroatoms. The predicted octanol–water partition coefficient (Wildman–Crippen LogP) is 2.77. The Morgan fingerprint density at radius 1 is 1.14 bits per heavy atom. The molecule has 0 aromatic heterocycles. The van der Waals surface area contributed by atoms with Crippen LogP contribution in [0.5, 0.6) is 0 Å². The van der Waals surface area contributed by atoms with Gasteiger partial charge in [0.05, 0.1) is 11.8 Å². The van der Waals surface area contributed by atoms with Crippen molar-refractivity contribution in [2.45, 2.75) is 51.7 Å². The third-order valence-electron chi connectivity index (χ3n) is 5.36. The van der Waals surface area contributed by atoms with Crippen LogP contribution >= 0.6 is 11.6 Å². The molecule has 150 valence electrons. The van der Waals surface area contributed by atoms with Gasteiger partial charge in [0, 0.05) is 10.7 Å². The van der Waals surface area contributed by atoms with Crippen molar-refractivity contribution in [1.82, 2.24) is 4.90 Å². The summed E-state index contributed by atoms with van der Waals surface area (Å²) in [5.74, 6) is -2.60. The SMILES string of the molecule is C[C@@H](OC(=O)[C@H](C)N1C(=O)[C@H]2CCCC[C@H]2C1=O)C(=O)Nc1cccc(Cl)c1. The Morgan fingerprint density at radius 2 is 1.75 bits per heavy atom. The van der Waals surface area contributed by atoms with Crippen LogP contribution in [0, 0.1) is 11.8 Å². The molecule has 1 aromatic rings. The highest BCUT2D eigenvalue weighted by molar-refractivity contribution is 6.30. The van der Waals surface area contributed by atoms with Crippen LogP contribution < -0.4 is 5.32 Å². The standard InChI is InChI=1S/C20H23ClN2O5/c1-11(23-18(25)15-8-3-4-9-16(15)19(23)26)20(27)28-12(2)17(24)22-14-7-5-6-13(21)10-14/h5-7,10-12,15-16H,3-4,8-9H2,1-2H3,(H,22,24)/t11-,12+,15-,16+/m0/s1. The van der Waals surface area contributed by atoms with Crippen molar-refractivity contribution in [3.05, 3.63) is 29.3 Å². The van der Waals surface area contributed by atoms with Crippen molar-refractivity contribution < 1.29 is 23.9 Å². The Bertz CT molecular complexity index is 788. The molecule has 2 fully saturated rings. The molecule has 2 aliphatic rings. The molecule has 1 aliphatic carbocycles.